The van der Waals surface area contributed by atoms with Crippen molar-refractivity contribution in [1.82, 2.24) is 13.9 Å². The first kappa shape index (κ1) is 17.2. The maximum atomic E-state index is 12.5. The van der Waals surface area contributed by atoms with E-state index in [0.717, 1.165) is 25.7 Å². The lowest BCUT2D eigenvalue weighted by Crippen LogP contribution is -2.53. The number of likely N-dealkylation sites (N-methyl/N-ethyl adjacent to an activating group) is 1. The van der Waals surface area contributed by atoms with Gasteiger partial charge in [-0.25, -0.2) is 0 Å². The van der Waals surface area contributed by atoms with Crippen LogP contribution in [0, 0.1) is 5.92 Å². The smallest absolute Gasteiger partial charge is 0.282 e. The van der Waals surface area contributed by atoms with E-state index in [1.54, 1.807) is 8.61 Å². The lowest BCUT2D eigenvalue weighted by molar-refractivity contribution is 0.238. The fourth-order valence-electron chi connectivity index (χ4n) is 2.77. The van der Waals surface area contributed by atoms with Crippen molar-refractivity contribution in [1.29, 1.82) is 0 Å². The molecule has 2 fully saturated rings. The predicted octanol–water partition coefficient (Wildman–Crippen LogP) is 1.07. The largest absolute Gasteiger partial charge is 0.316 e. The van der Waals surface area contributed by atoms with Crippen molar-refractivity contribution in [2.24, 2.45) is 5.92 Å². The second-order valence-electron chi connectivity index (χ2n) is 5.58. The maximum absolute atomic E-state index is 12.5. The van der Waals surface area contributed by atoms with E-state index in [9.17, 15) is 8.42 Å². The highest BCUT2D eigenvalue weighted by atomic mass is 35.5. The van der Waals surface area contributed by atoms with Gasteiger partial charge in [-0.05, 0) is 38.6 Å². The summed E-state index contributed by atoms with van der Waals surface area (Å²) in [5.41, 5.74) is 0. The third-order valence-corrected chi connectivity index (χ3v) is 6.19. The molecule has 0 aromatic heterocycles. The van der Waals surface area contributed by atoms with Crippen LogP contribution < -0.4 is 5.32 Å². The quantitative estimate of drug-likeness (QED) is 0.848. The zero-order chi connectivity index (χ0) is 13.2. The molecule has 0 aromatic rings. The highest BCUT2D eigenvalue weighted by Gasteiger charge is 2.34. The van der Waals surface area contributed by atoms with Crippen LogP contribution in [-0.4, -0.2) is 56.3 Å². The molecule has 2 saturated heterocycles. The van der Waals surface area contributed by atoms with Gasteiger partial charge in [0.25, 0.3) is 10.2 Å². The molecule has 0 saturated carbocycles. The molecule has 1 N–H and O–H groups in total. The van der Waals surface area contributed by atoms with Crippen molar-refractivity contribution in [2.75, 3.05) is 33.2 Å². The van der Waals surface area contributed by atoms with Gasteiger partial charge in [-0.3, -0.25) is 0 Å². The van der Waals surface area contributed by atoms with Gasteiger partial charge in [-0.2, -0.15) is 17.0 Å². The summed E-state index contributed by atoms with van der Waals surface area (Å²) in [5.74, 6) is 0.655. The molecule has 0 aliphatic carbocycles. The zero-order valence-corrected chi connectivity index (χ0v) is 13.5. The molecule has 2 aliphatic heterocycles. The number of hydrogen-bond acceptors (Lipinski definition) is 3. The third-order valence-electron chi connectivity index (χ3n) is 4.19. The van der Waals surface area contributed by atoms with Crippen LogP contribution in [0.4, 0.5) is 0 Å². The van der Waals surface area contributed by atoms with Crippen molar-refractivity contribution in [3.8, 4) is 0 Å². The summed E-state index contributed by atoms with van der Waals surface area (Å²) < 4.78 is 28.4. The van der Waals surface area contributed by atoms with Crippen LogP contribution >= 0.6 is 12.4 Å². The van der Waals surface area contributed by atoms with Gasteiger partial charge in [-0.15, -0.1) is 12.4 Å². The fraction of sp³-hybridized carbons (Fsp3) is 1.00. The first-order chi connectivity index (χ1) is 8.54. The predicted molar refractivity (Wildman–Crippen MR) is 79.8 cm³/mol. The topological polar surface area (TPSA) is 52.7 Å². The molecular weight excluding hydrogens is 286 g/mol. The molecule has 5 nitrogen and oxygen atoms in total. The molecule has 0 amide bonds. The third kappa shape index (κ3) is 4.04. The molecular formula is C12H26ClN3O2S. The lowest BCUT2D eigenvalue weighted by Gasteiger charge is -2.37. The SMILES string of the molecule is CNC1CCCN(S(=O)(=O)N2CCC(C)CC2)C1.Cl. The van der Waals surface area contributed by atoms with Crippen LogP contribution in [0.15, 0.2) is 0 Å². The molecule has 0 spiro atoms. The Morgan fingerprint density at radius 1 is 1.05 bits per heavy atom. The summed E-state index contributed by atoms with van der Waals surface area (Å²) in [4.78, 5) is 0. The molecule has 2 aliphatic rings. The Labute approximate surface area is 123 Å². The van der Waals surface area contributed by atoms with Crippen molar-refractivity contribution < 1.29 is 8.42 Å². The maximum Gasteiger partial charge on any atom is 0.282 e. The van der Waals surface area contributed by atoms with E-state index in [-0.39, 0.29) is 12.4 Å². The van der Waals surface area contributed by atoms with E-state index in [4.69, 9.17) is 0 Å². The Hall–Kier alpha value is 0.120. The van der Waals surface area contributed by atoms with Crippen LogP contribution in [0.25, 0.3) is 0 Å². The van der Waals surface area contributed by atoms with Crippen molar-refractivity contribution in [3.05, 3.63) is 0 Å². The zero-order valence-electron chi connectivity index (χ0n) is 11.8. The van der Waals surface area contributed by atoms with Crippen molar-refractivity contribution >= 4 is 22.6 Å². The van der Waals surface area contributed by atoms with Crippen LogP contribution in [0.2, 0.25) is 0 Å². The molecule has 0 bridgehead atoms. The van der Waals surface area contributed by atoms with Gasteiger partial charge >= 0.3 is 0 Å². The molecule has 114 valence electrons. The van der Waals surface area contributed by atoms with Crippen molar-refractivity contribution in [3.63, 3.8) is 0 Å². The highest BCUT2D eigenvalue weighted by molar-refractivity contribution is 7.86. The van der Waals surface area contributed by atoms with Crippen LogP contribution in [-0.2, 0) is 10.2 Å². The normalized spacial score (nSPS) is 28.0. The minimum Gasteiger partial charge on any atom is -0.316 e. The van der Waals surface area contributed by atoms with Gasteiger partial charge in [0, 0.05) is 32.2 Å². The van der Waals surface area contributed by atoms with E-state index in [2.05, 4.69) is 12.2 Å². The standard InChI is InChI=1S/C12H25N3O2S.ClH/c1-11-5-8-14(9-6-11)18(16,17)15-7-3-4-12(10-15)13-2;/h11-13H,3-10H2,1-2H3;1H. The van der Waals surface area contributed by atoms with E-state index in [1.165, 1.54) is 0 Å². The van der Waals surface area contributed by atoms with Gasteiger partial charge in [-0.1, -0.05) is 6.92 Å². The van der Waals surface area contributed by atoms with E-state index >= 15 is 0 Å². The van der Waals surface area contributed by atoms with Gasteiger partial charge in [0.2, 0.25) is 0 Å². The van der Waals surface area contributed by atoms with Crippen molar-refractivity contribution in [2.45, 2.75) is 38.6 Å². The Kier molecular flexibility index (Phi) is 6.53. The number of nitrogens with one attached hydrogen (secondary N) is 1. The summed E-state index contributed by atoms with van der Waals surface area (Å²) in [6, 6.07) is 0.303. The summed E-state index contributed by atoms with van der Waals surface area (Å²) in [5, 5.41) is 3.19. The van der Waals surface area contributed by atoms with E-state index in [1.807, 2.05) is 7.05 Å². The Morgan fingerprint density at radius 2 is 1.68 bits per heavy atom. The number of hydrogen-bond donors (Lipinski definition) is 1. The van der Waals surface area contributed by atoms with Gasteiger partial charge in [0.1, 0.15) is 0 Å². The van der Waals surface area contributed by atoms with Crippen LogP contribution in [0.1, 0.15) is 32.6 Å². The monoisotopic (exact) mass is 311 g/mol. The fourth-order valence-corrected chi connectivity index (χ4v) is 4.49. The molecule has 0 radical (unpaired) electrons. The summed E-state index contributed by atoms with van der Waals surface area (Å²) in [7, 11) is -1.32. The number of piperidine rings is 2. The van der Waals surface area contributed by atoms with Gasteiger partial charge in [0.15, 0.2) is 0 Å². The van der Waals surface area contributed by atoms with Gasteiger partial charge in [0.05, 0.1) is 0 Å². The summed E-state index contributed by atoms with van der Waals surface area (Å²) in [6.45, 7) is 4.85. The van der Waals surface area contributed by atoms with Gasteiger partial charge < -0.3 is 5.32 Å². The van der Waals surface area contributed by atoms with Crippen LogP contribution in [0.5, 0.6) is 0 Å². The Morgan fingerprint density at radius 3 is 2.26 bits per heavy atom. The second-order valence-corrected chi connectivity index (χ2v) is 7.50. The Balaban J connectivity index is 0.00000180. The molecule has 1 atom stereocenters. The lowest BCUT2D eigenvalue weighted by atomic mass is 10.0. The second kappa shape index (κ2) is 7.22. The minimum atomic E-state index is -3.22. The average Bonchev–Trinajstić information content (AvgIpc) is 2.39. The first-order valence-corrected chi connectivity index (χ1v) is 8.36. The molecule has 1 unspecified atom stereocenters. The number of nitrogens with zero attached hydrogens (tertiary/aromatic N) is 2. The molecule has 2 heterocycles. The Bertz CT molecular complexity index is 369. The summed E-state index contributed by atoms with van der Waals surface area (Å²) >= 11 is 0. The molecule has 19 heavy (non-hydrogen) atoms. The minimum absolute atomic E-state index is 0. The molecule has 7 heteroatoms. The number of halogens is 1. The van der Waals surface area contributed by atoms with Crippen LogP contribution in [0.3, 0.4) is 0 Å². The number of rotatable bonds is 3. The first-order valence-electron chi connectivity index (χ1n) is 6.96. The highest BCUT2D eigenvalue weighted by Crippen LogP contribution is 2.23. The average molecular weight is 312 g/mol. The van der Waals surface area contributed by atoms with E-state index < -0.39 is 10.2 Å². The molecule has 2 rings (SSSR count). The molecule has 0 aromatic carbocycles. The van der Waals surface area contributed by atoms with E-state index in [0.29, 0.717) is 38.1 Å². The summed E-state index contributed by atoms with van der Waals surface area (Å²) in [6.07, 6.45) is 4.00.